The van der Waals surface area contributed by atoms with Crippen LogP contribution in [0.25, 0.3) is 0 Å². The topological polar surface area (TPSA) is 55.1 Å². The third-order valence-corrected chi connectivity index (χ3v) is 4.04. The van der Waals surface area contributed by atoms with E-state index in [-0.39, 0.29) is 17.9 Å². The number of nitrogens with two attached hydrogens (primary N) is 1. The van der Waals surface area contributed by atoms with Crippen molar-refractivity contribution in [2.24, 2.45) is 11.7 Å². The highest BCUT2D eigenvalue weighted by Gasteiger charge is 2.30. The first-order valence-corrected chi connectivity index (χ1v) is 7.64. The lowest BCUT2D eigenvalue weighted by molar-refractivity contribution is -0.122. The highest BCUT2D eigenvalue weighted by atomic mass is 32.1. The van der Waals surface area contributed by atoms with Crippen LogP contribution in [0.3, 0.4) is 0 Å². The molecule has 1 aliphatic rings. The molecule has 2 unspecified atom stereocenters. The number of thiocarbonyl (C=S) groups is 1. The van der Waals surface area contributed by atoms with Gasteiger partial charge in [-0.15, -0.1) is 0 Å². The van der Waals surface area contributed by atoms with Gasteiger partial charge in [0.15, 0.2) is 0 Å². The fourth-order valence-electron chi connectivity index (χ4n) is 2.64. The molecule has 0 aromatic heterocycles. The van der Waals surface area contributed by atoms with Gasteiger partial charge >= 0.3 is 0 Å². The summed E-state index contributed by atoms with van der Waals surface area (Å²) in [6.07, 6.45) is 9.70. The molecular formula is C14H26N2OS. The number of nitrogens with one attached hydrogen (secondary N) is 1. The van der Waals surface area contributed by atoms with Gasteiger partial charge in [-0.25, -0.2) is 0 Å². The first-order valence-electron chi connectivity index (χ1n) is 7.23. The second kappa shape index (κ2) is 8.46. The summed E-state index contributed by atoms with van der Waals surface area (Å²) >= 11 is 5.05. The molecule has 3 N–H and O–H groups in total. The maximum atomic E-state index is 11.8. The Kier molecular flexibility index (Phi) is 7.25. The zero-order valence-corrected chi connectivity index (χ0v) is 12.2. The van der Waals surface area contributed by atoms with Crippen molar-refractivity contribution in [2.45, 2.75) is 70.8 Å². The van der Waals surface area contributed by atoms with Crippen molar-refractivity contribution in [3.05, 3.63) is 0 Å². The Morgan fingerprint density at radius 1 is 1.28 bits per heavy atom. The van der Waals surface area contributed by atoms with Crippen LogP contribution in [-0.4, -0.2) is 16.9 Å². The van der Waals surface area contributed by atoms with E-state index >= 15 is 0 Å². The van der Waals surface area contributed by atoms with E-state index in [0.717, 1.165) is 32.1 Å². The third-order valence-electron chi connectivity index (χ3n) is 3.74. The van der Waals surface area contributed by atoms with E-state index in [1.807, 2.05) is 0 Å². The summed E-state index contributed by atoms with van der Waals surface area (Å²) in [6, 6.07) is 0.186. The molecule has 104 valence electrons. The summed E-state index contributed by atoms with van der Waals surface area (Å²) in [6.45, 7) is 2.20. The normalized spacial score (nSPS) is 22.9. The van der Waals surface area contributed by atoms with Gasteiger partial charge < -0.3 is 11.1 Å². The highest BCUT2D eigenvalue weighted by Crippen LogP contribution is 2.26. The molecule has 1 aliphatic carbocycles. The van der Waals surface area contributed by atoms with Crippen molar-refractivity contribution in [3.63, 3.8) is 0 Å². The SMILES string of the molecule is CCCCCCCC(=O)NC1CCCC1C(N)=S. The van der Waals surface area contributed by atoms with Crippen LogP contribution < -0.4 is 11.1 Å². The molecule has 18 heavy (non-hydrogen) atoms. The Balaban J connectivity index is 2.17. The number of hydrogen-bond acceptors (Lipinski definition) is 2. The summed E-state index contributed by atoms with van der Waals surface area (Å²) in [5.74, 6) is 0.378. The number of carbonyl (C=O) groups is 1. The van der Waals surface area contributed by atoms with Crippen LogP contribution in [0.1, 0.15) is 64.7 Å². The molecule has 1 amide bonds. The average Bonchev–Trinajstić information content (AvgIpc) is 2.77. The quantitative estimate of drug-likeness (QED) is 0.527. The number of carbonyl (C=O) groups excluding carboxylic acids is 1. The van der Waals surface area contributed by atoms with Gasteiger partial charge in [-0.2, -0.15) is 0 Å². The minimum absolute atomic E-state index is 0.166. The Morgan fingerprint density at radius 2 is 2.00 bits per heavy atom. The second-order valence-electron chi connectivity index (χ2n) is 5.28. The van der Waals surface area contributed by atoms with Gasteiger partial charge in [0.25, 0.3) is 0 Å². The number of unbranched alkanes of at least 4 members (excludes halogenated alkanes) is 4. The van der Waals surface area contributed by atoms with Crippen LogP contribution in [-0.2, 0) is 4.79 Å². The fraction of sp³-hybridized carbons (Fsp3) is 0.857. The van der Waals surface area contributed by atoms with Gasteiger partial charge in [0.1, 0.15) is 0 Å². The summed E-state index contributed by atoms with van der Waals surface area (Å²) < 4.78 is 0. The lowest BCUT2D eigenvalue weighted by Gasteiger charge is -2.19. The molecule has 0 aromatic carbocycles. The van der Waals surface area contributed by atoms with Crippen molar-refractivity contribution in [1.29, 1.82) is 0 Å². The molecular weight excluding hydrogens is 244 g/mol. The molecule has 1 saturated carbocycles. The van der Waals surface area contributed by atoms with E-state index in [2.05, 4.69) is 12.2 Å². The number of amides is 1. The van der Waals surface area contributed by atoms with E-state index in [1.54, 1.807) is 0 Å². The Hall–Kier alpha value is -0.640. The van der Waals surface area contributed by atoms with Crippen LogP contribution in [0.5, 0.6) is 0 Å². The standard InChI is InChI=1S/C14H26N2OS/c1-2-3-4-5-6-10-13(17)16-12-9-7-8-11(12)14(15)18/h11-12H,2-10H2,1H3,(H2,15,18)(H,16,17). The molecule has 2 atom stereocenters. The smallest absolute Gasteiger partial charge is 0.220 e. The van der Waals surface area contributed by atoms with Gasteiger partial charge in [-0.3, -0.25) is 4.79 Å². The lowest BCUT2D eigenvalue weighted by atomic mass is 10.0. The Morgan fingerprint density at radius 3 is 2.67 bits per heavy atom. The maximum absolute atomic E-state index is 11.8. The largest absolute Gasteiger partial charge is 0.393 e. The Bertz CT molecular complexity index is 281. The average molecular weight is 270 g/mol. The van der Waals surface area contributed by atoms with E-state index in [4.69, 9.17) is 18.0 Å². The molecule has 0 saturated heterocycles. The summed E-state index contributed by atoms with van der Waals surface area (Å²) in [5, 5.41) is 3.09. The zero-order chi connectivity index (χ0) is 13.4. The first kappa shape index (κ1) is 15.4. The summed E-state index contributed by atoms with van der Waals surface area (Å²) in [4.78, 5) is 12.4. The zero-order valence-electron chi connectivity index (χ0n) is 11.4. The van der Waals surface area contributed by atoms with Crippen molar-refractivity contribution in [2.75, 3.05) is 0 Å². The number of hydrogen-bond donors (Lipinski definition) is 2. The van der Waals surface area contributed by atoms with Crippen LogP contribution in [0.4, 0.5) is 0 Å². The number of rotatable bonds is 8. The van der Waals surface area contributed by atoms with Crippen molar-refractivity contribution in [3.8, 4) is 0 Å². The molecule has 1 rings (SSSR count). The van der Waals surface area contributed by atoms with Crippen molar-refractivity contribution in [1.82, 2.24) is 5.32 Å². The molecule has 4 heteroatoms. The first-order chi connectivity index (χ1) is 8.65. The van der Waals surface area contributed by atoms with E-state index in [9.17, 15) is 4.79 Å². The van der Waals surface area contributed by atoms with E-state index < -0.39 is 0 Å². The van der Waals surface area contributed by atoms with E-state index in [1.165, 1.54) is 19.3 Å². The van der Waals surface area contributed by atoms with Crippen molar-refractivity contribution < 1.29 is 4.79 Å². The van der Waals surface area contributed by atoms with Crippen LogP contribution in [0.2, 0.25) is 0 Å². The fourth-order valence-corrected chi connectivity index (χ4v) is 2.92. The molecule has 0 heterocycles. The maximum Gasteiger partial charge on any atom is 0.220 e. The molecule has 0 aromatic rings. The predicted molar refractivity (Wildman–Crippen MR) is 79.4 cm³/mol. The predicted octanol–water partition coefficient (Wildman–Crippen LogP) is 2.92. The van der Waals surface area contributed by atoms with Crippen LogP contribution in [0, 0.1) is 5.92 Å². The molecule has 0 spiro atoms. The third kappa shape index (κ3) is 5.34. The molecule has 0 radical (unpaired) electrons. The molecule has 0 bridgehead atoms. The minimum Gasteiger partial charge on any atom is -0.393 e. The van der Waals surface area contributed by atoms with Gasteiger partial charge in [0.05, 0.1) is 4.99 Å². The van der Waals surface area contributed by atoms with Crippen LogP contribution in [0.15, 0.2) is 0 Å². The second-order valence-corrected chi connectivity index (χ2v) is 5.75. The van der Waals surface area contributed by atoms with Crippen LogP contribution >= 0.6 is 12.2 Å². The van der Waals surface area contributed by atoms with Gasteiger partial charge in [-0.05, 0) is 19.3 Å². The van der Waals surface area contributed by atoms with E-state index in [0.29, 0.717) is 11.4 Å². The monoisotopic (exact) mass is 270 g/mol. The molecule has 0 aliphatic heterocycles. The van der Waals surface area contributed by atoms with Gasteiger partial charge in [0, 0.05) is 18.4 Å². The summed E-state index contributed by atoms with van der Waals surface area (Å²) in [7, 11) is 0. The Labute approximate surface area is 116 Å². The van der Waals surface area contributed by atoms with Crippen molar-refractivity contribution >= 4 is 23.1 Å². The molecule has 3 nitrogen and oxygen atoms in total. The highest BCUT2D eigenvalue weighted by molar-refractivity contribution is 7.80. The summed E-state index contributed by atoms with van der Waals surface area (Å²) in [5.41, 5.74) is 5.70. The molecule has 1 fully saturated rings. The van der Waals surface area contributed by atoms with Gasteiger partial charge in [-0.1, -0.05) is 51.2 Å². The lowest BCUT2D eigenvalue weighted by Crippen LogP contribution is -2.41. The van der Waals surface area contributed by atoms with Gasteiger partial charge in [0.2, 0.25) is 5.91 Å². The minimum atomic E-state index is 0.166.